The molecule has 0 aliphatic carbocycles. The molecule has 136 valence electrons. The van der Waals surface area contributed by atoms with E-state index in [4.69, 9.17) is 0 Å². The fourth-order valence-corrected chi connectivity index (χ4v) is 2.85. The molecule has 2 N–H and O–H groups in total. The molecule has 4 rings (SSSR count). The van der Waals surface area contributed by atoms with Crippen LogP contribution in [0.5, 0.6) is 0 Å². The van der Waals surface area contributed by atoms with Gasteiger partial charge in [-0.3, -0.25) is 4.98 Å². The average Bonchev–Trinajstić information content (AvgIpc) is 3.11. The fraction of sp³-hybridized carbons (Fsp3) is 0.100. The van der Waals surface area contributed by atoms with Crippen molar-refractivity contribution in [3.8, 4) is 11.4 Å². The molecule has 0 bridgehead atoms. The van der Waals surface area contributed by atoms with Gasteiger partial charge < -0.3 is 10.3 Å². The number of nitrogens with zero attached hydrogens (tertiary/aromatic N) is 2. The molecule has 0 radical (unpaired) electrons. The molecule has 0 saturated carbocycles. The van der Waals surface area contributed by atoms with Gasteiger partial charge in [0, 0.05) is 24.5 Å². The number of aromatic nitrogens is 3. The molecule has 0 aliphatic rings. The summed E-state index contributed by atoms with van der Waals surface area (Å²) in [5.41, 5.74) is 2.93. The monoisotopic (exact) mass is 368 g/mol. The Bertz CT molecular complexity index is 1070. The van der Waals surface area contributed by atoms with Gasteiger partial charge in [0.2, 0.25) is 0 Å². The molecule has 0 amide bonds. The van der Waals surface area contributed by atoms with Crippen LogP contribution in [0.15, 0.2) is 67.0 Å². The lowest BCUT2D eigenvalue weighted by Crippen LogP contribution is -2.04. The van der Waals surface area contributed by atoms with Crippen molar-refractivity contribution in [1.29, 1.82) is 0 Å². The maximum absolute atomic E-state index is 13.0. The Kier molecular flexibility index (Phi) is 4.27. The summed E-state index contributed by atoms with van der Waals surface area (Å²) >= 11 is 0. The number of pyridine rings is 1. The van der Waals surface area contributed by atoms with E-state index in [0.717, 1.165) is 28.9 Å². The smallest absolute Gasteiger partial charge is 0.379 e. The van der Waals surface area contributed by atoms with Crippen molar-refractivity contribution in [3.05, 3.63) is 78.1 Å². The molecule has 0 fully saturated rings. The first-order chi connectivity index (χ1) is 13.0. The van der Waals surface area contributed by atoms with Crippen LogP contribution in [0.4, 0.5) is 18.9 Å². The number of nitrogens with one attached hydrogen (secondary N) is 2. The number of aromatic amines is 1. The summed E-state index contributed by atoms with van der Waals surface area (Å²) in [4.78, 5) is 11.7. The zero-order valence-electron chi connectivity index (χ0n) is 14.1. The first kappa shape index (κ1) is 17.1. The highest BCUT2D eigenvalue weighted by Gasteiger charge is 2.30. The molecule has 27 heavy (non-hydrogen) atoms. The molecular formula is C20H15F3N4. The Balaban J connectivity index is 1.67. The molecule has 2 heterocycles. The van der Waals surface area contributed by atoms with Gasteiger partial charge in [0.15, 0.2) is 0 Å². The van der Waals surface area contributed by atoms with E-state index in [1.165, 1.54) is 6.07 Å². The van der Waals surface area contributed by atoms with Crippen molar-refractivity contribution in [1.82, 2.24) is 15.0 Å². The number of hydrogen-bond acceptors (Lipinski definition) is 3. The molecule has 0 unspecified atom stereocenters. The molecule has 4 nitrogen and oxygen atoms in total. The molecule has 2 aromatic carbocycles. The van der Waals surface area contributed by atoms with Crippen LogP contribution in [0.25, 0.3) is 22.4 Å². The van der Waals surface area contributed by atoms with E-state index in [9.17, 15) is 13.2 Å². The molecule has 2 aromatic heterocycles. The van der Waals surface area contributed by atoms with Gasteiger partial charge in [-0.15, -0.1) is 0 Å². The Labute approximate surface area is 153 Å². The lowest BCUT2D eigenvalue weighted by Gasteiger charge is -2.07. The maximum Gasteiger partial charge on any atom is 0.416 e. The third kappa shape index (κ3) is 3.62. The van der Waals surface area contributed by atoms with E-state index in [1.54, 1.807) is 18.5 Å². The van der Waals surface area contributed by atoms with Crippen LogP contribution >= 0.6 is 0 Å². The summed E-state index contributed by atoms with van der Waals surface area (Å²) in [6, 6.07) is 14.5. The van der Waals surface area contributed by atoms with E-state index in [2.05, 4.69) is 20.3 Å². The summed E-state index contributed by atoms with van der Waals surface area (Å²) in [6.45, 7) is 0.568. The summed E-state index contributed by atoms with van der Waals surface area (Å²) < 4.78 is 38.9. The second-order valence-electron chi connectivity index (χ2n) is 6.08. The quantitative estimate of drug-likeness (QED) is 0.517. The van der Waals surface area contributed by atoms with Gasteiger partial charge in [-0.1, -0.05) is 24.3 Å². The van der Waals surface area contributed by atoms with Crippen molar-refractivity contribution >= 4 is 16.7 Å². The van der Waals surface area contributed by atoms with Gasteiger partial charge in [0.05, 0.1) is 16.8 Å². The van der Waals surface area contributed by atoms with E-state index in [-0.39, 0.29) is 0 Å². The van der Waals surface area contributed by atoms with Gasteiger partial charge in [-0.25, -0.2) is 4.98 Å². The lowest BCUT2D eigenvalue weighted by atomic mass is 10.1. The first-order valence-corrected chi connectivity index (χ1v) is 8.30. The maximum atomic E-state index is 13.0. The van der Waals surface area contributed by atoms with Crippen molar-refractivity contribution in [2.45, 2.75) is 12.7 Å². The van der Waals surface area contributed by atoms with Crippen LogP contribution < -0.4 is 5.32 Å². The minimum absolute atomic E-state index is 0.388. The summed E-state index contributed by atoms with van der Waals surface area (Å²) in [5.74, 6) is 0.395. The number of alkyl halides is 3. The molecule has 7 heteroatoms. The minimum Gasteiger partial charge on any atom is -0.379 e. The normalized spacial score (nSPS) is 11.7. The number of H-pyrrole nitrogens is 1. The van der Waals surface area contributed by atoms with Gasteiger partial charge in [0.25, 0.3) is 0 Å². The third-order valence-corrected chi connectivity index (χ3v) is 4.18. The molecule has 0 saturated heterocycles. The second kappa shape index (κ2) is 6.75. The Morgan fingerprint density at radius 3 is 2.63 bits per heavy atom. The Hall–Kier alpha value is -3.35. The SMILES string of the molecule is FC(F)(F)c1cccc(-c2nc3c(NCc4cccnc4)cccc3[nH]2)c1. The largest absolute Gasteiger partial charge is 0.416 e. The van der Waals surface area contributed by atoms with E-state index in [1.807, 2.05) is 30.3 Å². The van der Waals surface area contributed by atoms with Crippen molar-refractivity contribution < 1.29 is 13.2 Å². The Morgan fingerprint density at radius 2 is 1.85 bits per heavy atom. The summed E-state index contributed by atoms with van der Waals surface area (Å²) in [5, 5.41) is 3.30. The van der Waals surface area contributed by atoms with Gasteiger partial charge in [-0.2, -0.15) is 13.2 Å². The van der Waals surface area contributed by atoms with E-state index >= 15 is 0 Å². The van der Waals surface area contributed by atoms with E-state index < -0.39 is 11.7 Å². The number of para-hydroxylation sites is 1. The number of anilines is 1. The van der Waals surface area contributed by atoms with Crippen LogP contribution in [-0.2, 0) is 12.7 Å². The van der Waals surface area contributed by atoms with Crippen molar-refractivity contribution in [2.75, 3.05) is 5.32 Å². The zero-order chi connectivity index (χ0) is 18.9. The molecule has 0 aliphatic heterocycles. The second-order valence-corrected chi connectivity index (χ2v) is 6.08. The zero-order valence-corrected chi connectivity index (χ0v) is 14.1. The lowest BCUT2D eigenvalue weighted by molar-refractivity contribution is -0.137. The first-order valence-electron chi connectivity index (χ1n) is 8.30. The van der Waals surface area contributed by atoms with Gasteiger partial charge in [0.1, 0.15) is 11.3 Å². The number of fused-ring (bicyclic) bond motifs is 1. The topological polar surface area (TPSA) is 53.6 Å². The highest BCUT2D eigenvalue weighted by Crippen LogP contribution is 2.32. The van der Waals surface area contributed by atoms with Crippen LogP contribution in [0.3, 0.4) is 0 Å². The van der Waals surface area contributed by atoms with Gasteiger partial charge in [-0.05, 0) is 35.9 Å². The predicted octanol–water partition coefficient (Wildman–Crippen LogP) is 5.26. The van der Waals surface area contributed by atoms with Crippen LogP contribution in [-0.4, -0.2) is 15.0 Å². The molecule has 0 atom stereocenters. The predicted molar refractivity (Wildman–Crippen MR) is 98.1 cm³/mol. The number of benzene rings is 2. The van der Waals surface area contributed by atoms with E-state index in [0.29, 0.717) is 23.4 Å². The standard InChI is InChI=1S/C20H15F3N4/c21-20(22,23)15-6-1-5-14(10-15)19-26-17-8-2-7-16(18(17)27-19)25-12-13-4-3-9-24-11-13/h1-11,25H,12H2,(H,26,27). The summed E-state index contributed by atoms with van der Waals surface area (Å²) in [6.07, 6.45) is -0.913. The number of imidazole rings is 1. The van der Waals surface area contributed by atoms with Crippen molar-refractivity contribution in [3.63, 3.8) is 0 Å². The number of halogens is 3. The highest BCUT2D eigenvalue weighted by atomic mass is 19.4. The average molecular weight is 368 g/mol. The number of hydrogen-bond donors (Lipinski definition) is 2. The molecular weight excluding hydrogens is 353 g/mol. The fourth-order valence-electron chi connectivity index (χ4n) is 2.85. The Morgan fingerprint density at radius 1 is 1.00 bits per heavy atom. The summed E-state index contributed by atoms with van der Waals surface area (Å²) in [7, 11) is 0. The molecule has 4 aromatic rings. The minimum atomic E-state index is -4.39. The van der Waals surface area contributed by atoms with Crippen molar-refractivity contribution in [2.24, 2.45) is 0 Å². The number of rotatable bonds is 4. The third-order valence-electron chi connectivity index (χ3n) is 4.18. The van der Waals surface area contributed by atoms with Crippen LogP contribution in [0.2, 0.25) is 0 Å². The van der Waals surface area contributed by atoms with Crippen LogP contribution in [0, 0.1) is 0 Å². The van der Waals surface area contributed by atoms with Gasteiger partial charge >= 0.3 is 6.18 Å². The molecule has 0 spiro atoms. The van der Waals surface area contributed by atoms with Crippen LogP contribution in [0.1, 0.15) is 11.1 Å². The highest BCUT2D eigenvalue weighted by molar-refractivity contribution is 5.90.